The number of esters is 1. The molecular formula is C7H14N2O2. The summed E-state index contributed by atoms with van der Waals surface area (Å²) in [5.74, 6) is -0.249. The maximum atomic E-state index is 10.8. The van der Waals surface area contributed by atoms with Gasteiger partial charge < -0.3 is 4.74 Å². The van der Waals surface area contributed by atoms with Gasteiger partial charge in [-0.1, -0.05) is 0 Å². The summed E-state index contributed by atoms with van der Waals surface area (Å²) < 4.78 is 4.70. The van der Waals surface area contributed by atoms with Crippen LogP contribution in [-0.2, 0) is 9.53 Å². The molecule has 64 valence electrons. The van der Waals surface area contributed by atoms with Crippen LogP contribution in [0.15, 0.2) is 5.10 Å². The van der Waals surface area contributed by atoms with E-state index in [9.17, 15) is 4.79 Å². The quantitative estimate of drug-likeness (QED) is 0.339. The van der Waals surface area contributed by atoms with Crippen molar-refractivity contribution in [1.82, 2.24) is 5.01 Å². The van der Waals surface area contributed by atoms with E-state index in [-0.39, 0.29) is 12.5 Å². The second-order valence-electron chi connectivity index (χ2n) is 1.99. The second-order valence-corrected chi connectivity index (χ2v) is 1.99. The molecule has 0 fully saturated rings. The largest absolute Gasteiger partial charge is 0.465 e. The van der Waals surface area contributed by atoms with Gasteiger partial charge in [-0.15, -0.1) is 0 Å². The predicted octanol–water partition coefficient (Wildman–Crippen LogP) is 0.487. The molecule has 0 unspecified atom stereocenters. The van der Waals surface area contributed by atoms with Crippen molar-refractivity contribution >= 4 is 12.2 Å². The highest BCUT2D eigenvalue weighted by molar-refractivity contribution is 5.71. The van der Waals surface area contributed by atoms with Crippen molar-refractivity contribution in [3.63, 3.8) is 0 Å². The molecule has 0 saturated carbocycles. The fourth-order valence-electron chi connectivity index (χ4n) is 0.631. The summed E-state index contributed by atoms with van der Waals surface area (Å²) in [7, 11) is 1.72. The molecule has 0 bridgehead atoms. The monoisotopic (exact) mass is 158 g/mol. The van der Waals surface area contributed by atoms with Crippen LogP contribution in [0, 0.1) is 0 Å². The number of hydrogen-bond acceptors (Lipinski definition) is 4. The SMILES string of the molecule is C/C=N/N(C)CC(=O)OCC. The first-order valence-corrected chi connectivity index (χ1v) is 3.56. The Morgan fingerprint density at radius 3 is 2.82 bits per heavy atom. The summed E-state index contributed by atoms with van der Waals surface area (Å²) in [6, 6.07) is 0. The summed E-state index contributed by atoms with van der Waals surface area (Å²) in [4.78, 5) is 10.8. The van der Waals surface area contributed by atoms with Crippen LogP contribution in [0.3, 0.4) is 0 Å². The average molecular weight is 158 g/mol. The number of ether oxygens (including phenoxy) is 1. The maximum Gasteiger partial charge on any atom is 0.327 e. The lowest BCUT2D eigenvalue weighted by atomic mass is 10.6. The Kier molecular flexibility index (Phi) is 5.15. The molecule has 0 rings (SSSR count). The lowest BCUT2D eigenvalue weighted by Crippen LogP contribution is -2.22. The first-order chi connectivity index (χ1) is 5.20. The van der Waals surface area contributed by atoms with Gasteiger partial charge in [-0.3, -0.25) is 9.80 Å². The van der Waals surface area contributed by atoms with E-state index in [2.05, 4.69) is 5.10 Å². The Hall–Kier alpha value is -1.06. The number of hydrogen-bond donors (Lipinski definition) is 0. The Balaban J connectivity index is 3.57. The predicted molar refractivity (Wildman–Crippen MR) is 43.4 cm³/mol. The van der Waals surface area contributed by atoms with Crippen molar-refractivity contribution in [3.05, 3.63) is 0 Å². The lowest BCUT2D eigenvalue weighted by Gasteiger charge is -2.10. The van der Waals surface area contributed by atoms with Gasteiger partial charge >= 0.3 is 5.97 Å². The molecule has 0 spiro atoms. The van der Waals surface area contributed by atoms with Gasteiger partial charge in [0, 0.05) is 13.3 Å². The van der Waals surface area contributed by atoms with Gasteiger partial charge in [-0.05, 0) is 13.8 Å². The Morgan fingerprint density at radius 2 is 2.36 bits per heavy atom. The summed E-state index contributed by atoms with van der Waals surface area (Å²) in [6.45, 7) is 4.20. The molecular weight excluding hydrogens is 144 g/mol. The molecule has 0 amide bonds. The summed E-state index contributed by atoms with van der Waals surface area (Å²) in [5.41, 5.74) is 0. The van der Waals surface area contributed by atoms with Gasteiger partial charge in [0.05, 0.1) is 6.61 Å². The molecule has 0 aliphatic rings. The van der Waals surface area contributed by atoms with Gasteiger partial charge in [-0.2, -0.15) is 5.10 Å². The van der Waals surface area contributed by atoms with Gasteiger partial charge in [0.15, 0.2) is 0 Å². The molecule has 0 aromatic heterocycles. The summed E-state index contributed by atoms with van der Waals surface area (Å²) >= 11 is 0. The first-order valence-electron chi connectivity index (χ1n) is 3.56. The molecule has 0 radical (unpaired) electrons. The van der Waals surface area contributed by atoms with Crippen LogP contribution in [-0.4, -0.2) is 37.4 Å². The van der Waals surface area contributed by atoms with E-state index in [1.54, 1.807) is 27.1 Å². The van der Waals surface area contributed by atoms with Crippen LogP contribution < -0.4 is 0 Å². The van der Waals surface area contributed by atoms with Crippen molar-refractivity contribution in [2.24, 2.45) is 5.10 Å². The fraction of sp³-hybridized carbons (Fsp3) is 0.714. The molecule has 0 aliphatic carbocycles. The van der Waals surface area contributed by atoms with E-state index in [4.69, 9.17) is 4.74 Å². The number of carbonyl (C=O) groups excluding carboxylic acids is 1. The van der Waals surface area contributed by atoms with Gasteiger partial charge in [0.1, 0.15) is 6.54 Å². The zero-order valence-electron chi connectivity index (χ0n) is 7.20. The van der Waals surface area contributed by atoms with E-state index in [1.807, 2.05) is 0 Å². The fourth-order valence-corrected chi connectivity index (χ4v) is 0.631. The van der Waals surface area contributed by atoms with E-state index in [0.717, 1.165) is 0 Å². The molecule has 0 atom stereocenters. The third kappa shape index (κ3) is 5.39. The third-order valence-corrected chi connectivity index (χ3v) is 0.976. The minimum Gasteiger partial charge on any atom is -0.465 e. The summed E-state index contributed by atoms with van der Waals surface area (Å²) in [5, 5.41) is 5.38. The van der Waals surface area contributed by atoms with E-state index in [0.29, 0.717) is 6.61 Å². The summed E-state index contributed by atoms with van der Waals surface area (Å²) in [6.07, 6.45) is 1.62. The Labute approximate surface area is 66.8 Å². The van der Waals surface area contributed by atoms with Gasteiger partial charge in [0.25, 0.3) is 0 Å². The minimum absolute atomic E-state index is 0.207. The number of nitrogens with zero attached hydrogens (tertiary/aromatic N) is 2. The van der Waals surface area contributed by atoms with E-state index in [1.165, 1.54) is 5.01 Å². The van der Waals surface area contributed by atoms with Crippen LogP contribution >= 0.6 is 0 Å². The van der Waals surface area contributed by atoms with Crippen LogP contribution in [0.25, 0.3) is 0 Å². The molecule has 0 N–H and O–H groups in total. The number of likely N-dealkylation sites (N-methyl/N-ethyl adjacent to an activating group) is 1. The highest BCUT2D eigenvalue weighted by Gasteiger charge is 2.02. The molecule has 0 heterocycles. The highest BCUT2D eigenvalue weighted by atomic mass is 16.5. The number of carbonyl (C=O) groups is 1. The normalized spacial score (nSPS) is 10.1. The second kappa shape index (κ2) is 5.70. The van der Waals surface area contributed by atoms with Crippen LogP contribution in [0.5, 0.6) is 0 Å². The molecule has 11 heavy (non-hydrogen) atoms. The zero-order chi connectivity index (χ0) is 8.69. The molecule has 4 heteroatoms. The Bertz CT molecular complexity index is 145. The Morgan fingerprint density at radius 1 is 1.73 bits per heavy atom. The third-order valence-electron chi connectivity index (χ3n) is 0.976. The highest BCUT2D eigenvalue weighted by Crippen LogP contribution is 1.85. The van der Waals surface area contributed by atoms with Gasteiger partial charge in [0.2, 0.25) is 0 Å². The zero-order valence-corrected chi connectivity index (χ0v) is 7.20. The van der Waals surface area contributed by atoms with Crippen molar-refractivity contribution in [2.45, 2.75) is 13.8 Å². The standard InChI is InChI=1S/C7H14N2O2/c1-4-8-9(3)6-7(10)11-5-2/h4H,5-6H2,1-3H3/b8-4+. The number of hydrazone groups is 1. The molecule has 0 aromatic carbocycles. The number of rotatable bonds is 4. The van der Waals surface area contributed by atoms with Gasteiger partial charge in [-0.25, -0.2) is 0 Å². The first kappa shape index (κ1) is 9.94. The maximum absolute atomic E-state index is 10.8. The topological polar surface area (TPSA) is 41.9 Å². The average Bonchev–Trinajstić information content (AvgIpc) is 1.87. The minimum atomic E-state index is -0.249. The smallest absolute Gasteiger partial charge is 0.327 e. The molecule has 0 aliphatic heterocycles. The lowest BCUT2D eigenvalue weighted by molar-refractivity contribution is -0.144. The molecule has 0 aromatic rings. The van der Waals surface area contributed by atoms with E-state index < -0.39 is 0 Å². The van der Waals surface area contributed by atoms with Crippen molar-refractivity contribution in [1.29, 1.82) is 0 Å². The van der Waals surface area contributed by atoms with Crippen molar-refractivity contribution in [3.8, 4) is 0 Å². The van der Waals surface area contributed by atoms with Crippen molar-refractivity contribution < 1.29 is 9.53 Å². The van der Waals surface area contributed by atoms with Crippen LogP contribution in [0.1, 0.15) is 13.8 Å². The van der Waals surface area contributed by atoms with Crippen LogP contribution in [0.4, 0.5) is 0 Å². The van der Waals surface area contributed by atoms with Crippen LogP contribution in [0.2, 0.25) is 0 Å². The van der Waals surface area contributed by atoms with Crippen molar-refractivity contribution in [2.75, 3.05) is 20.2 Å². The molecule has 0 saturated heterocycles. The molecule has 4 nitrogen and oxygen atoms in total. The van der Waals surface area contributed by atoms with E-state index >= 15 is 0 Å².